The standard InChI is InChI=1S/C23H17N5O4S/c29-20(7-8-21-26-28-23(32-21)14-9-11-33-13-14)25-27-22(30)16-12-18(19-6-3-10-31-19)24-17-5-2-1-4-15(16)17/h1-6,9-13H,7-8H2,(H,25,29)(H,27,30). The lowest BCUT2D eigenvalue weighted by atomic mass is 10.1. The quantitative estimate of drug-likeness (QED) is 0.368. The predicted molar refractivity (Wildman–Crippen MR) is 121 cm³/mol. The van der Waals surface area contributed by atoms with E-state index in [0.717, 1.165) is 5.56 Å². The molecular weight excluding hydrogens is 442 g/mol. The van der Waals surface area contributed by atoms with E-state index in [-0.39, 0.29) is 18.7 Å². The first-order chi connectivity index (χ1) is 16.2. The zero-order chi connectivity index (χ0) is 22.6. The molecule has 0 unspecified atom stereocenters. The molecule has 1 aromatic carbocycles. The van der Waals surface area contributed by atoms with Crippen LogP contribution in [0.15, 0.2) is 74.4 Å². The minimum Gasteiger partial charge on any atom is -0.463 e. The molecule has 10 heteroatoms. The van der Waals surface area contributed by atoms with Gasteiger partial charge in [-0.05, 0) is 35.7 Å². The number of rotatable bonds is 6. The van der Waals surface area contributed by atoms with E-state index in [1.54, 1.807) is 30.5 Å². The fourth-order valence-corrected chi connectivity index (χ4v) is 3.88. The van der Waals surface area contributed by atoms with Crippen molar-refractivity contribution in [3.63, 3.8) is 0 Å². The number of thiophene rings is 1. The normalized spacial score (nSPS) is 10.9. The van der Waals surface area contributed by atoms with Crippen LogP contribution in [0, 0.1) is 0 Å². The van der Waals surface area contributed by atoms with Gasteiger partial charge in [0.1, 0.15) is 5.69 Å². The van der Waals surface area contributed by atoms with Crippen LogP contribution in [0.3, 0.4) is 0 Å². The Balaban J connectivity index is 1.24. The number of para-hydroxylation sites is 1. The second-order valence-corrected chi connectivity index (χ2v) is 7.84. The summed E-state index contributed by atoms with van der Waals surface area (Å²) in [5.41, 5.74) is 7.27. The molecule has 0 spiro atoms. The number of nitrogens with zero attached hydrogens (tertiary/aromatic N) is 3. The first kappa shape index (κ1) is 20.6. The van der Waals surface area contributed by atoms with Crippen LogP contribution in [0.2, 0.25) is 0 Å². The molecule has 0 radical (unpaired) electrons. The fourth-order valence-electron chi connectivity index (χ4n) is 3.25. The van der Waals surface area contributed by atoms with Gasteiger partial charge in [0.15, 0.2) is 5.76 Å². The number of hydrogen-bond acceptors (Lipinski definition) is 8. The highest BCUT2D eigenvalue weighted by Gasteiger charge is 2.16. The van der Waals surface area contributed by atoms with E-state index in [9.17, 15) is 9.59 Å². The van der Waals surface area contributed by atoms with Crippen molar-refractivity contribution in [3.8, 4) is 22.9 Å². The molecule has 4 heterocycles. The maximum absolute atomic E-state index is 12.9. The van der Waals surface area contributed by atoms with Crippen LogP contribution in [0.4, 0.5) is 0 Å². The van der Waals surface area contributed by atoms with Gasteiger partial charge in [0.2, 0.25) is 17.7 Å². The lowest BCUT2D eigenvalue weighted by Crippen LogP contribution is -2.41. The van der Waals surface area contributed by atoms with Crippen LogP contribution in [0.1, 0.15) is 22.7 Å². The molecule has 0 atom stereocenters. The van der Waals surface area contributed by atoms with Gasteiger partial charge in [-0.3, -0.25) is 20.4 Å². The molecular formula is C23H17N5O4S. The minimum absolute atomic E-state index is 0.0697. The van der Waals surface area contributed by atoms with E-state index in [2.05, 4.69) is 26.0 Å². The molecule has 0 aliphatic heterocycles. The smallest absolute Gasteiger partial charge is 0.270 e. The summed E-state index contributed by atoms with van der Waals surface area (Å²) in [6.07, 6.45) is 1.86. The minimum atomic E-state index is -0.465. The van der Waals surface area contributed by atoms with Crippen LogP contribution in [0.5, 0.6) is 0 Å². The molecule has 0 bridgehead atoms. The van der Waals surface area contributed by atoms with Gasteiger partial charge >= 0.3 is 0 Å². The van der Waals surface area contributed by atoms with Gasteiger partial charge in [-0.2, -0.15) is 11.3 Å². The number of furan rings is 1. The third-order valence-corrected chi connectivity index (χ3v) is 5.53. The molecule has 2 N–H and O–H groups in total. The van der Waals surface area contributed by atoms with E-state index >= 15 is 0 Å². The van der Waals surface area contributed by atoms with E-state index in [1.165, 1.54) is 11.3 Å². The third kappa shape index (κ3) is 4.51. The van der Waals surface area contributed by atoms with Gasteiger partial charge in [0, 0.05) is 29.2 Å². The monoisotopic (exact) mass is 459 g/mol. The zero-order valence-electron chi connectivity index (χ0n) is 17.1. The highest BCUT2D eigenvalue weighted by Crippen LogP contribution is 2.25. The van der Waals surface area contributed by atoms with Gasteiger partial charge in [0.05, 0.1) is 17.3 Å². The Morgan fingerprint density at radius 1 is 1.03 bits per heavy atom. The molecule has 9 nitrogen and oxygen atoms in total. The molecule has 0 saturated carbocycles. The van der Waals surface area contributed by atoms with Crippen LogP contribution in [-0.4, -0.2) is 27.0 Å². The van der Waals surface area contributed by atoms with Gasteiger partial charge in [0.25, 0.3) is 5.91 Å². The lowest BCUT2D eigenvalue weighted by Gasteiger charge is -2.10. The SMILES string of the molecule is O=C(CCc1nnc(-c2ccsc2)o1)NNC(=O)c1cc(-c2ccco2)nc2ccccc12. The summed E-state index contributed by atoms with van der Waals surface area (Å²) in [5, 5.41) is 12.4. The first-order valence-electron chi connectivity index (χ1n) is 10.0. The van der Waals surface area contributed by atoms with Crippen molar-refractivity contribution in [1.82, 2.24) is 26.0 Å². The van der Waals surface area contributed by atoms with E-state index in [4.69, 9.17) is 8.83 Å². The van der Waals surface area contributed by atoms with Crippen molar-refractivity contribution in [2.24, 2.45) is 0 Å². The van der Waals surface area contributed by atoms with Crippen molar-refractivity contribution in [3.05, 3.63) is 77.0 Å². The first-order valence-corrected chi connectivity index (χ1v) is 11.0. The van der Waals surface area contributed by atoms with Gasteiger partial charge in [-0.1, -0.05) is 18.2 Å². The third-order valence-electron chi connectivity index (χ3n) is 4.85. The summed E-state index contributed by atoms with van der Waals surface area (Å²) in [5.74, 6) is 0.452. The molecule has 0 fully saturated rings. The number of nitrogens with one attached hydrogen (secondary N) is 2. The topological polar surface area (TPSA) is 123 Å². The Morgan fingerprint density at radius 2 is 1.94 bits per heavy atom. The second kappa shape index (κ2) is 9.05. The van der Waals surface area contributed by atoms with Crippen LogP contribution < -0.4 is 10.9 Å². The Hall–Kier alpha value is -4.31. The second-order valence-electron chi connectivity index (χ2n) is 7.06. The van der Waals surface area contributed by atoms with Crippen molar-refractivity contribution in [1.29, 1.82) is 0 Å². The molecule has 0 saturated heterocycles. The number of carbonyl (C=O) groups is 2. The summed E-state index contributed by atoms with van der Waals surface area (Å²) in [6, 6.07) is 14.3. The van der Waals surface area contributed by atoms with Crippen molar-refractivity contribution in [2.45, 2.75) is 12.8 Å². The van der Waals surface area contributed by atoms with Crippen LogP contribution in [0.25, 0.3) is 33.8 Å². The molecule has 0 aliphatic carbocycles. The number of pyridine rings is 1. The number of fused-ring (bicyclic) bond motifs is 1. The van der Waals surface area contributed by atoms with Crippen molar-refractivity contribution >= 4 is 34.1 Å². The molecule has 2 amide bonds. The van der Waals surface area contributed by atoms with Crippen LogP contribution >= 0.6 is 11.3 Å². The number of benzene rings is 1. The van der Waals surface area contributed by atoms with Crippen molar-refractivity contribution in [2.75, 3.05) is 0 Å². The van der Waals surface area contributed by atoms with Gasteiger partial charge in [-0.25, -0.2) is 4.98 Å². The van der Waals surface area contributed by atoms with E-state index in [0.29, 0.717) is 39.7 Å². The average molecular weight is 459 g/mol. The summed E-state index contributed by atoms with van der Waals surface area (Å²) in [4.78, 5) is 29.7. The maximum Gasteiger partial charge on any atom is 0.270 e. The zero-order valence-corrected chi connectivity index (χ0v) is 18.0. The number of hydrogen-bond donors (Lipinski definition) is 2. The number of hydrazine groups is 1. The van der Waals surface area contributed by atoms with Gasteiger partial charge in [-0.15, -0.1) is 10.2 Å². The molecule has 5 rings (SSSR count). The highest BCUT2D eigenvalue weighted by molar-refractivity contribution is 7.08. The summed E-state index contributed by atoms with van der Waals surface area (Å²) in [7, 11) is 0. The Bertz CT molecular complexity index is 1410. The summed E-state index contributed by atoms with van der Waals surface area (Å²) < 4.78 is 11.0. The van der Waals surface area contributed by atoms with E-state index < -0.39 is 5.91 Å². The number of amides is 2. The fraction of sp³-hybridized carbons (Fsp3) is 0.0870. The summed E-state index contributed by atoms with van der Waals surface area (Å²) in [6.45, 7) is 0. The summed E-state index contributed by atoms with van der Waals surface area (Å²) >= 11 is 1.53. The average Bonchev–Trinajstić information content (AvgIpc) is 3.63. The van der Waals surface area contributed by atoms with Crippen LogP contribution in [-0.2, 0) is 11.2 Å². The molecule has 5 aromatic rings. The molecule has 164 valence electrons. The van der Waals surface area contributed by atoms with Gasteiger partial charge < -0.3 is 8.83 Å². The van der Waals surface area contributed by atoms with E-state index in [1.807, 2.05) is 35.0 Å². The molecule has 33 heavy (non-hydrogen) atoms. The largest absolute Gasteiger partial charge is 0.463 e. The Morgan fingerprint density at radius 3 is 2.76 bits per heavy atom. The molecule has 0 aliphatic rings. The highest BCUT2D eigenvalue weighted by atomic mass is 32.1. The molecule has 4 aromatic heterocycles. The lowest BCUT2D eigenvalue weighted by molar-refractivity contribution is -0.121. The Labute approximate surface area is 191 Å². The van der Waals surface area contributed by atoms with Crippen molar-refractivity contribution < 1.29 is 18.4 Å². The number of carbonyl (C=O) groups excluding carboxylic acids is 2. The Kier molecular flexibility index (Phi) is 5.64. The number of aromatic nitrogens is 3. The predicted octanol–water partition coefficient (Wildman–Crippen LogP) is 4.00. The maximum atomic E-state index is 12.9. The number of aryl methyl sites for hydroxylation is 1.